The van der Waals surface area contributed by atoms with Crippen molar-refractivity contribution in [3.8, 4) is 11.8 Å². The molecule has 5 heteroatoms. The summed E-state index contributed by atoms with van der Waals surface area (Å²) in [6.45, 7) is 1.12. The lowest BCUT2D eigenvalue weighted by atomic mass is 10.0. The van der Waals surface area contributed by atoms with Crippen molar-refractivity contribution in [3.63, 3.8) is 0 Å². The molecule has 1 aromatic carbocycles. The Hall–Kier alpha value is -1.93. The van der Waals surface area contributed by atoms with Crippen molar-refractivity contribution in [1.29, 1.82) is 0 Å². The van der Waals surface area contributed by atoms with Crippen molar-refractivity contribution in [2.75, 3.05) is 20.2 Å². The Morgan fingerprint density at radius 3 is 2.75 bits per heavy atom. The highest BCUT2D eigenvalue weighted by atomic mass is 19.3. The van der Waals surface area contributed by atoms with E-state index in [1.165, 1.54) is 7.05 Å². The van der Waals surface area contributed by atoms with Crippen molar-refractivity contribution in [3.05, 3.63) is 34.9 Å². The number of hydrogen-bond acceptors (Lipinski definition) is 2. The number of benzene rings is 1. The summed E-state index contributed by atoms with van der Waals surface area (Å²) in [5.74, 6) is 5.12. The first-order valence-electron chi connectivity index (χ1n) is 6.19. The Kier molecular flexibility index (Phi) is 6.13. The van der Waals surface area contributed by atoms with Crippen molar-refractivity contribution < 1.29 is 18.7 Å². The fraction of sp³-hybridized carbons (Fsp3) is 0.400. The summed E-state index contributed by atoms with van der Waals surface area (Å²) in [5, 5.41) is 8.65. The summed E-state index contributed by atoms with van der Waals surface area (Å²) in [6, 6.07) is 5.07. The van der Waals surface area contributed by atoms with Gasteiger partial charge in [-0.05, 0) is 24.6 Å². The van der Waals surface area contributed by atoms with Crippen molar-refractivity contribution in [2.45, 2.75) is 19.8 Å². The molecule has 0 aliphatic carbocycles. The van der Waals surface area contributed by atoms with Gasteiger partial charge in [0.05, 0.1) is 13.2 Å². The Morgan fingerprint density at radius 1 is 1.45 bits per heavy atom. The van der Waals surface area contributed by atoms with Crippen LogP contribution in [0.4, 0.5) is 8.78 Å². The van der Waals surface area contributed by atoms with Crippen LogP contribution in [0, 0.1) is 18.8 Å². The fourth-order valence-electron chi connectivity index (χ4n) is 1.65. The van der Waals surface area contributed by atoms with Crippen molar-refractivity contribution in [1.82, 2.24) is 4.90 Å². The highest BCUT2D eigenvalue weighted by molar-refractivity contribution is 5.95. The molecule has 0 saturated carbocycles. The maximum atomic E-state index is 12.3. The molecular formula is C15H17F2NO2. The standard InChI is InChI=1S/C15H17F2NO2/c1-11-6-7-12(5-3-4-8-19)9-13(11)15(20)18(2)10-14(16)17/h6-7,9,14,19H,4,8,10H2,1-2H3. The number of aliphatic hydroxyl groups is 1. The van der Waals surface area contributed by atoms with E-state index in [9.17, 15) is 13.6 Å². The molecule has 1 N–H and O–H groups in total. The van der Waals surface area contributed by atoms with Crippen LogP contribution in [0.15, 0.2) is 18.2 Å². The monoisotopic (exact) mass is 281 g/mol. The lowest BCUT2D eigenvalue weighted by Crippen LogP contribution is -2.31. The lowest BCUT2D eigenvalue weighted by molar-refractivity contribution is 0.0619. The first-order chi connectivity index (χ1) is 9.45. The number of nitrogens with zero attached hydrogens (tertiary/aromatic N) is 1. The normalized spacial score (nSPS) is 10.1. The minimum Gasteiger partial charge on any atom is -0.395 e. The first kappa shape index (κ1) is 16.1. The van der Waals surface area contributed by atoms with E-state index in [1.807, 2.05) is 0 Å². The summed E-state index contributed by atoms with van der Waals surface area (Å²) < 4.78 is 24.6. The number of rotatable bonds is 4. The molecule has 0 aliphatic heterocycles. The van der Waals surface area contributed by atoms with Gasteiger partial charge in [-0.15, -0.1) is 0 Å². The van der Waals surface area contributed by atoms with Gasteiger partial charge in [0.25, 0.3) is 12.3 Å². The molecule has 0 bridgehead atoms. The minimum absolute atomic E-state index is 0.0260. The zero-order chi connectivity index (χ0) is 15.1. The van der Waals surface area contributed by atoms with Gasteiger partial charge in [0.2, 0.25) is 0 Å². The zero-order valence-electron chi connectivity index (χ0n) is 11.5. The molecule has 0 atom stereocenters. The van der Waals surface area contributed by atoms with Gasteiger partial charge in [-0.2, -0.15) is 0 Å². The number of halogens is 2. The summed E-state index contributed by atoms with van der Waals surface area (Å²) >= 11 is 0. The smallest absolute Gasteiger partial charge is 0.255 e. The highest BCUT2D eigenvalue weighted by Crippen LogP contribution is 2.13. The number of amides is 1. The third kappa shape index (κ3) is 4.63. The quantitative estimate of drug-likeness (QED) is 0.858. The van der Waals surface area contributed by atoms with E-state index >= 15 is 0 Å². The van der Waals surface area contributed by atoms with Crippen LogP contribution in [-0.4, -0.2) is 42.5 Å². The van der Waals surface area contributed by atoms with E-state index in [-0.39, 0.29) is 6.61 Å². The molecule has 0 unspecified atom stereocenters. The van der Waals surface area contributed by atoms with Gasteiger partial charge >= 0.3 is 0 Å². The van der Waals surface area contributed by atoms with Gasteiger partial charge in [0.1, 0.15) is 0 Å². The SMILES string of the molecule is Cc1ccc(C#CCCO)cc1C(=O)N(C)CC(F)F. The molecule has 0 fully saturated rings. The molecule has 108 valence electrons. The molecule has 0 heterocycles. The molecular weight excluding hydrogens is 264 g/mol. The van der Waals surface area contributed by atoms with Gasteiger partial charge in [0.15, 0.2) is 0 Å². The van der Waals surface area contributed by atoms with E-state index in [2.05, 4.69) is 11.8 Å². The third-order valence-corrected chi connectivity index (χ3v) is 2.70. The molecule has 20 heavy (non-hydrogen) atoms. The molecule has 0 radical (unpaired) electrons. The maximum Gasteiger partial charge on any atom is 0.255 e. The van der Waals surface area contributed by atoms with Crippen LogP contribution < -0.4 is 0 Å². The van der Waals surface area contributed by atoms with E-state index in [4.69, 9.17) is 5.11 Å². The van der Waals surface area contributed by atoms with Crippen molar-refractivity contribution in [2.24, 2.45) is 0 Å². The van der Waals surface area contributed by atoms with Gasteiger partial charge in [-0.25, -0.2) is 8.78 Å². The van der Waals surface area contributed by atoms with E-state index in [1.54, 1.807) is 25.1 Å². The van der Waals surface area contributed by atoms with Crippen LogP contribution in [-0.2, 0) is 0 Å². The Balaban J connectivity index is 2.97. The molecule has 1 amide bonds. The van der Waals surface area contributed by atoms with E-state index in [0.717, 1.165) is 4.90 Å². The Labute approximate surface area is 117 Å². The summed E-state index contributed by atoms with van der Waals surface area (Å²) in [5.41, 5.74) is 1.70. The lowest BCUT2D eigenvalue weighted by Gasteiger charge is -2.17. The number of hydrogen-bond donors (Lipinski definition) is 1. The van der Waals surface area contributed by atoms with E-state index in [0.29, 0.717) is 23.1 Å². The second-order valence-electron chi connectivity index (χ2n) is 4.38. The maximum absolute atomic E-state index is 12.3. The Bertz CT molecular complexity index is 532. The van der Waals surface area contributed by atoms with Crippen molar-refractivity contribution >= 4 is 5.91 Å². The minimum atomic E-state index is -2.56. The first-order valence-corrected chi connectivity index (χ1v) is 6.19. The molecule has 0 aliphatic rings. The van der Waals surface area contributed by atoms with Crippen LogP contribution in [0.2, 0.25) is 0 Å². The zero-order valence-corrected chi connectivity index (χ0v) is 11.5. The number of aryl methyl sites for hydroxylation is 1. The number of alkyl halides is 2. The summed E-state index contributed by atoms with van der Waals surface area (Å²) in [7, 11) is 1.35. The Morgan fingerprint density at radius 2 is 2.15 bits per heavy atom. The van der Waals surface area contributed by atoms with Crippen LogP contribution in [0.1, 0.15) is 27.9 Å². The van der Waals surface area contributed by atoms with Crippen LogP contribution >= 0.6 is 0 Å². The molecule has 0 aromatic heterocycles. The molecule has 3 nitrogen and oxygen atoms in total. The fourth-order valence-corrected chi connectivity index (χ4v) is 1.65. The average Bonchev–Trinajstić information content (AvgIpc) is 2.39. The van der Waals surface area contributed by atoms with Gasteiger partial charge in [-0.3, -0.25) is 4.79 Å². The molecule has 1 rings (SSSR count). The second-order valence-corrected chi connectivity index (χ2v) is 4.38. The summed E-state index contributed by atoms with van der Waals surface area (Å²) in [4.78, 5) is 13.1. The van der Waals surface area contributed by atoms with Gasteiger partial charge < -0.3 is 10.0 Å². The number of aliphatic hydroxyl groups excluding tert-OH is 1. The molecule has 1 aromatic rings. The highest BCUT2D eigenvalue weighted by Gasteiger charge is 2.17. The summed E-state index contributed by atoms with van der Waals surface area (Å²) in [6.07, 6.45) is -2.21. The number of carbonyl (C=O) groups excluding carboxylic acids is 1. The average molecular weight is 281 g/mol. The van der Waals surface area contributed by atoms with Gasteiger partial charge in [0, 0.05) is 24.6 Å². The largest absolute Gasteiger partial charge is 0.395 e. The van der Waals surface area contributed by atoms with Crippen LogP contribution in [0.25, 0.3) is 0 Å². The predicted molar refractivity (Wildman–Crippen MR) is 72.7 cm³/mol. The second kappa shape index (κ2) is 7.61. The number of carbonyl (C=O) groups is 1. The predicted octanol–water partition coefficient (Wildman–Crippen LogP) is 2.07. The van der Waals surface area contributed by atoms with Crippen LogP contribution in [0.3, 0.4) is 0 Å². The van der Waals surface area contributed by atoms with Gasteiger partial charge in [-0.1, -0.05) is 17.9 Å². The van der Waals surface area contributed by atoms with Crippen LogP contribution in [0.5, 0.6) is 0 Å². The molecule has 0 saturated heterocycles. The van der Waals surface area contributed by atoms with E-state index < -0.39 is 18.9 Å². The third-order valence-electron chi connectivity index (χ3n) is 2.70. The topological polar surface area (TPSA) is 40.5 Å². The molecule has 0 spiro atoms.